The highest BCUT2D eigenvalue weighted by molar-refractivity contribution is 5.95. The van der Waals surface area contributed by atoms with Gasteiger partial charge >= 0.3 is 0 Å². The molecule has 0 atom stereocenters. The van der Waals surface area contributed by atoms with Crippen molar-refractivity contribution in [3.63, 3.8) is 0 Å². The Labute approximate surface area is 496 Å². The zero-order chi connectivity index (χ0) is 58.4. The second-order valence-electron chi connectivity index (χ2n) is 25.1. The molecule has 3 saturated carbocycles. The number of hydrogen-bond acceptors (Lipinski definition) is 8. The van der Waals surface area contributed by atoms with Gasteiger partial charge in [-0.05, 0) is 145 Å². The number of benzene rings is 2. The Kier molecular flexibility index (Phi) is 33.6. The van der Waals surface area contributed by atoms with E-state index in [2.05, 4.69) is 38.4 Å². The third-order valence-electron chi connectivity index (χ3n) is 18.2. The molecule has 82 heavy (non-hydrogen) atoms. The van der Waals surface area contributed by atoms with Crippen molar-refractivity contribution >= 4 is 29.5 Å². The lowest BCUT2D eigenvalue weighted by Gasteiger charge is -2.36. The molecule has 2 aromatic carbocycles. The molecule has 5 amide bonds. The molecular weight excluding hydrogens is 1020 g/mol. The molecule has 13 nitrogen and oxygen atoms in total. The lowest BCUT2D eigenvalue weighted by atomic mass is 9.82. The molecule has 458 valence electrons. The first kappa shape index (κ1) is 68.0. The quantitative estimate of drug-likeness (QED) is 0.0528. The molecule has 0 radical (unpaired) electrons. The highest BCUT2D eigenvalue weighted by Crippen LogP contribution is 2.29. The van der Waals surface area contributed by atoms with E-state index >= 15 is 0 Å². The van der Waals surface area contributed by atoms with Gasteiger partial charge in [-0.1, -0.05) is 185 Å². The molecule has 0 aromatic heterocycles. The van der Waals surface area contributed by atoms with Gasteiger partial charge in [-0.25, -0.2) is 0 Å². The predicted octanol–water partition coefficient (Wildman–Crippen LogP) is 12.8. The van der Waals surface area contributed by atoms with E-state index in [0.29, 0.717) is 74.8 Å². The largest absolute Gasteiger partial charge is 0.353 e. The van der Waals surface area contributed by atoms with Gasteiger partial charge in [0.05, 0.1) is 0 Å². The highest BCUT2D eigenvalue weighted by atomic mass is 16.2. The Morgan fingerprint density at radius 3 is 0.793 bits per heavy atom. The van der Waals surface area contributed by atoms with Gasteiger partial charge in [0.1, 0.15) is 0 Å². The Bertz CT molecular complexity index is 2020. The maximum absolute atomic E-state index is 14.8. The molecule has 5 rings (SSSR count). The molecule has 0 bridgehead atoms. The van der Waals surface area contributed by atoms with Crippen molar-refractivity contribution in [2.24, 2.45) is 17.2 Å². The summed E-state index contributed by atoms with van der Waals surface area (Å²) in [6.45, 7) is 1.22. The Morgan fingerprint density at radius 1 is 0.341 bits per heavy atom. The van der Waals surface area contributed by atoms with E-state index in [0.717, 1.165) is 82.6 Å². The van der Waals surface area contributed by atoms with Crippen LogP contribution in [0.15, 0.2) is 48.5 Å². The normalized spacial score (nSPS) is 18.1. The number of nitrogens with one attached hydrogen (secondary N) is 5. The van der Waals surface area contributed by atoms with E-state index in [1.807, 2.05) is 24.3 Å². The third-order valence-corrected chi connectivity index (χ3v) is 18.2. The molecule has 0 unspecified atom stereocenters. The van der Waals surface area contributed by atoms with E-state index in [-0.39, 0.29) is 66.9 Å². The van der Waals surface area contributed by atoms with Gasteiger partial charge < -0.3 is 43.8 Å². The number of carbonyl (C=O) groups is 5. The molecular formula is C69H112N8O5. The van der Waals surface area contributed by atoms with Crippen molar-refractivity contribution < 1.29 is 24.0 Å². The second-order valence-corrected chi connectivity index (χ2v) is 25.1. The predicted molar refractivity (Wildman–Crippen MR) is 336 cm³/mol. The Balaban J connectivity index is 1.37. The number of carbonyl (C=O) groups excluding carboxylic acids is 5. The Hall–Kier alpha value is -4.77. The monoisotopic (exact) mass is 1130 g/mol. The van der Waals surface area contributed by atoms with Crippen molar-refractivity contribution in [2.45, 2.75) is 299 Å². The van der Waals surface area contributed by atoms with Crippen LogP contribution in [0.1, 0.15) is 302 Å². The first-order valence-corrected chi connectivity index (χ1v) is 33.4. The standard InChI is InChI=1S/C69H112N8O5/c70-53-50-69(51-54-71,52-55-72)77-67(82)59-42-38-57(39-43-59)35-34-56-36-40-58(41-37-56)66(81)76-68(47-44-63(78)73-60-28-22-16-10-4-1-5-11-17-23-29-60,48-45-64(79)74-61-30-24-18-12-6-2-7-13-19-25-31-61)49-46-65(80)75-62-32-26-20-14-8-3-9-15-21-27-33-62/h36-43,60-62H,1-33,44-55,70-72H2,(H,73,78)(H,74,79)(H,75,80)(H,76,81)(H,77,82). The summed E-state index contributed by atoms with van der Waals surface area (Å²) in [6, 6.07) is 14.6. The lowest BCUT2D eigenvalue weighted by Crippen LogP contribution is -2.52. The van der Waals surface area contributed by atoms with Crippen LogP contribution in [0.25, 0.3) is 0 Å². The molecule has 0 saturated heterocycles. The van der Waals surface area contributed by atoms with Gasteiger partial charge in [0.15, 0.2) is 0 Å². The molecule has 0 spiro atoms. The van der Waals surface area contributed by atoms with E-state index in [1.165, 1.54) is 135 Å². The maximum atomic E-state index is 14.8. The van der Waals surface area contributed by atoms with Crippen LogP contribution in [0, 0.1) is 11.8 Å². The van der Waals surface area contributed by atoms with Crippen molar-refractivity contribution in [3.8, 4) is 11.8 Å². The van der Waals surface area contributed by atoms with Gasteiger partial charge in [-0.2, -0.15) is 0 Å². The van der Waals surface area contributed by atoms with Crippen LogP contribution in [0.2, 0.25) is 0 Å². The lowest BCUT2D eigenvalue weighted by molar-refractivity contribution is -0.122. The summed E-state index contributed by atoms with van der Waals surface area (Å²) in [5.74, 6) is 5.76. The Morgan fingerprint density at radius 2 is 0.561 bits per heavy atom. The minimum atomic E-state index is -1.03. The maximum Gasteiger partial charge on any atom is 0.251 e. The summed E-state index contributed by atoms with van der Waals surface area (Å²) >= 11 is 0. The zero-order valence-electron chi connectivity index (χ0n) is 50.9. The second kappa shape index (κ2) is 40.5. The van der Waals surface area contributed by atoms with Crippen LogP contribution in [-0.4, -0.2) is 78.4 Å². The minimum Gasteiger partial charge on any atom is -0.353 e. The molecule has 3 aliphatic rings. The SMILES string of the molecule is NCCC(CCN)(CCN)NC(=O)c1ccc(C#Cc2ccc(C(=O)NC(CCC(=O)NC3CCCCCCCCCCC3)(CCC(=O)NC3CCCCCCCCCCC3)CCC(=O)NC3CCCCCCCCCCC3)cc2)cc1. The van der Waals surface area contributed by atoms with Crippen LogP contribution in [0.4, 0.5) is 0 Å². The summed E-state index contributed by atoms with van der Waals surface area (Å²) in [5.41, 5.74) is 18.5. The van der Waals surface area contributed by atoms with E-state index in [1.54, 1.807) is 24.3 Å². The topological polar surface area (TPSA) is 224 Å². The van der Waals surface area contributed by atoms with Crippen LogP contribution in [0.5, 0.6) is 0 Å². The van der Waals surface area contributed by atoms with Gasteiger partial charge in [0.2, 0.25) is 17.7 Å². The van der Waals surface area contributed by atoms with Crippen LogP contribution in [0.3, 0.4) is 0 Å². The van der Waals surface area contributed by atoms with E-state index in [4.69, 9.17) is 17.2 Å². The highest BCUT2D eigenvalue weighted by Gasteiger charge is 2.35. The molecule has 0 aliphatic heterocycles. The minimum absolute atomic E-state index is 0.0403. The summed E-state index contributed by atoms with van der Waals surface area (Å²) in [4.78, 5) is 70.9. The van der Waals surface area contributed by atoms with E-state index < -0.39 is 11.1 Å². The van der Waals surface area contributed by atoms with Gasteiger partial charge in [-0.15, -0.1) is 0 Å². The number of hydrogen-bond donors (Lipinski definition) is 8. The average Bonchev–Trinajstić information content (AvgIpc) is 3.54. The van der Waals surface area contributed by atoms with Crippen LogP contribution in [-0.2, 0) is 14.4 Å². The zero-order valence-corrected chi connectivity index (χ0v) is 50.9. The number of nitrogens with two attached hydrogens (primary N) is 3. The molecule has 2 aromatic rings. The van der Waals surface area contributed by atoms with Gasteiger partial charge in [0, 0.05) is 70.7 Å². The molecule has 3 aliphatic carbocycles. The van der Waals surface area contributed by atoms with Crippen LogP contribution >= 0.6 is 0 Å². The van der Waals surface area contributed by atoms with Gasteiger partial charge in [-0.3, -0.25) is 24.0 Å². The summed E-state index contributed by atoms with van der Waals surface area (Å²) in [7, 11) is 0. The van der Waals surface area contributed by atoms with E-state index in [9.17, 15) is 24.0 Å². The van der Waals surface area contributed by atoms with Crippen molar-refractivity contribution in [3.05, 3.63) is 70.8 Å². The first-order chi connectivity index (χ1) is 40.0. The molecule has 0 heterocycles. The molecule has 11 N–H and O–H groups in total. The molecule has 13 heteroatoms. The van der Waals surface area contributed by atoms with Gasteiger partial charge in [0.25, 0.3) is 11.8 Å². The summed E-state index contributed by atoms with van der Waals surface area (Å²) in [5, 5.41) is 16.9. The number of rotatable bonds is 22. The summed E-state index contributed by atoms with van der Waals surface area (Å²) < 4.78 is 0. The van der Waals surface area contributed by atoms with Crippen molar-refractivity contribution in [2.75, 3.05) is 19.6 Å². The first-order valence-electron chi connectivity index (χ1n) is 33.4. The van der Waals surface area contributed by atoms with Crippen molar-refractivity contribution in [1.82, 2.24) is 26.6 Å². The van der Waals surface area contributed by atoms with Crippen LogP contribution < -0.4 is 43.8 Å². The number of amides is 5. The van der Waals surface area contributed by atoms with Crippen molar-refractivity contribution in [1.29, 1.82) is 0 Å². The third kappa shape index (κ3) is 27.7. The fourth-order valence-corrected chi connectivity index (χ4v) is 13.0. The average molecular weight is 1130 g/mol. The summed E-state index contributed by atoms with van der Waals surface area (Å²) in [6.07, 6.45) is 41.6. The fourth-order valence-electron chi connectivity index (χ4n) is 13.0. The molecule has 3 fully saturated rings. The fraction of sp³-hybridized carbons (Fsp3) is 0.725. The smallest absolute Gasteiger partial charge is 0.251 e.